The molecule has 26 heavy (non-hydrogen) atoms. The maximum atomic E-state index is 13.0. The Bertz CT molecular complexity index is 885. The van der Waals surface area contributed by atoms with Gasteiger partial charge >= 0.3 is 0 Å². The topological polar surface area (TPSA) is 29.5 Å². The van der Waals surface area contributed by atoms with Gasteiger partial charge in [0.05, 0.1) is 19.1 Å². The molecule has 4 rings (SSSR count). The van der Waals surface area contributed by atoms with Crippen LogP contribution in [0.5, 0.6) is 5.75 Å². The summed E-state index contributed by atoms with van der Waals surface area (Å²) in [5.74, 6) is 1.02. The van der Waals surface area contributed by atoms with Crippen LogP contribution in [0, 0.1) is 6.92 Å². The molecule has 5 heteroatoms. The van der Waals surface area contributed by atoms with Crippen LogP contribution < -0.4 is 4.74 Å². The number of hydrogen-bond acceptors (Lipinski definition) is 4. The van der Waals surface area contributed by atoms with Crippen molar-refractivity contribution < 1.29 is 9.53 Å². The Hall–Kier alpha value is -2.11. The summed E-state index contributed by atoms with van der Waals surface area (Å²) >= 11 is 3.52. The van der Waals surface area contributed by atoms with E-state index in [4.69, 9.17) is 4.74 Å². The minimum absolute atomic E-state index is 0.0518. The molecule has 0 saturated heterocycles. The Labute approximate surface area is 161 Å². The van der Waals surface area contributed by atoms with Crippen molar-refractivity contribution in [2.45, 2.75) is 25.8 Å². The highest BCUT2D eigenvalue weighted by atomic mass is 32.1. The zero-order valence-corrected chi connectivity index (χ0v) is 16.3. The van der Waals surface area contributed by atoms with Crippen molar-refractivity contribution in [2.75, 3.05) is 13.2 Å². The Morgan fingerprint density at radius 3 is 2.85 bits per heavy atom. The monoisotopic (exact) mass is 383 g/mol. The Morgan fingerprint density at radius 1 is 1.15 bits per heavy atom. The third kappa shape index (κ3) is 3.41. The zero-order valence-electron chi connectivity index (χ0n) is 14.7. The molecule has 0 fully saturated rings. The number of hydrogen-bond donors (Lipinski definition) is 0. The van der Waals surface area contributed by atoms with Crippen molar-refractivity contribution in [3.05, 3.63) is 74.1 Å². The molecule has 1 amide bonds. The van der Waals surface area contributed by atoms with E-state index in [1.165, 1.54) is 15.3 Å². The number of para-hydroxylation sites is 1. The van der Waals surface area contributed by atoms with Crippen LogP contribution in [-0.4, -0.2) is 24.0 Å². The molecular formula is C21H21NO2S2. The van der Waals surface area contributed by atoms with Crippen molar-refractivity contribution in [1.29, 1.82) is 0 Å². The van der Waals surface area contributed by atoms with Crippen LogP contribution in [0.25, 0.3) is 0 Å². The number of ether oxygens (including phenoxy) is 1. The van der Waals surface area contributed by atoms with E-state index in [0.717, 1.165) is 24.3 Å². The normalized spacial score (nSPS) is 16.3. The Balaban J connectivity index is 1.47. The molecule has 0 unspecified atom stereocenters. The number of fused-ring (bicyclic) bond motifs is 1. The minimum atomic E-state index is 0.0518. The summed E-state index contributed by atoms with van der Waals surface area (Å²) in [6, 6.07) is 14.3. The number of rotatable bonds is 5. The smallest absolute Gasteiger partial charge is 0.226 e. The van der Waals surface area contributed by atoms with Crippen LogP contribution in [0.2, 0.25) is 0 Å². The molecule has 2 aromatic heterocycles. The molecular weight excluding hydrogens is 362 g/mol. The first-order valence-corrected chi connectivity index (χ1v) is 10.6. The number of amides is 1. The molecule has 134 valence electrons. The summed E-state index contributed by atoms with van der Waals surface area (Å²) in [4.78, 5) is 17.6. The van der Waals surface area contributed by atoms with Crippen molar-refractivity contribution in [3.63, 3.8) is 0 Å². The van der Waals surface area contributed by atoms with Crippen LogP contribution in [0.4, 0.5) is 0 Å². The van der Waals surface area contributed by atoms with Gasteiger partial charge < -0.3 is 9.64 Å². The van der Waals surface area contributed by atoms with E-state index >= 15 is 0 Å². The van der Waals surface area contributed by atoms with Crippen molar-refractivity contribution >= 4 is 28.6 Å². The Kier molecular flexibility index (Phi) is 5.09. The van der Waals surface area contributed by atoms with Gasteiger partial charge in [0.1, 0.15) is 5.75 Å². The molecule has 0 N–H and O–H groups in total. The largest absolute Gasteiger partial charge is 0.493 e. The van der Waals surface area contributed by atoms with Crippen LogP contribution in [0.15, 0.2) is 53.2 Å². The molecule has 0 aliphatic carbocycles. The maximum Gasteiger partial charge on any atom is 0.226 e. The predicted molar refractivity (Wildman–Crippen MR) is 107 cm³/mol. The lowest BCUT2D eigenvalue weighted by atomic mass is 9.98. The lowest BCUT2D eigenvalue weighted by Crippen LogP contribution is -2.40. The van der Waals surface area contributed by atoms with Gasteiger partial charge in [-0.15, -0.1) is 22.7 Å². The molecule has 0 bridgehead atoms. The van der Waals surface area contributed by atoms with E-state index < -0.39 is 0 Å². The quantitative estimate of drug-likeness (QED) is 0.616. The molecule has 1 atom stereocenters. The molecule has 1 aliphatic heterocycles. The molecule has 3 nitrogen and oxygen atoms in total. The number of carbonyl (C=O) groups excluding carboxylic acids is 1. The van der Waals surface area contributed by atoms with E-state index in [0.29, 0.717) is 13.0 Å². The van der Waals surface area contributed by atoms with E-state index in [1.54, 1.807) is 22.7 Å². The average Bonchev–Trinajstić information content (AvgIpc) is 3.34. The third-order valence-electron chi connectivity index (χ3n) is 4.77. The van der Waals surface area contributed by atoms with E-state index in [9.17, 15) is 4.79 Å². The van der Waals surface area contributed by atoms with Gasteiger partial charge in [-0.2, -0.15) is 0 Å². The predicted octanol–water partition coefficient (Wildman–Crippen LogP) is 5.06. The van der Waals surface area contributed by atoms with Gasteiger partial charge in [-0.05, 0) is 53.4 Å². The lowest BCUT2D eigenvalue weighted by Gasteiger charge is -2.35. The standard InChI is InChI=1S/C21H21NO2S2/c1-15-5-2-3-6-17(15)24-12-9-20(23)22-11-8-18-16(10-14-26-18)21(22)19-7-4-13-25-19/h2-7,10,13-14,21H,8-9,11-12H2,1H3/t21-/m0/s1. The maximum absolute atomic E-state index is 13.0. The van der Waals surface area contributed by atoms with E-state index in [-0.39, 0.29) is 11.9 Å². The second kappa shape index (κ2) is 7.64. The Morgan fingerprint density at radius 2 is 2.04 bits per heavy atom. The highest BCUT2D eigenvalue weighted by Gasteiger charge is 2.33. The summed E-state index contributed by atoms with van der Waals surface area (Å²) in [5.41, 5.74) is 2.38. The SMILES string of the molecule is Cc1ccccc1OCCC(=O)N1CCc2sccc2[C@H]1c1cccs1. The summed E-state index contributed by atoms with van der Waals surface area (Å²) in [5, 5.41) is 4.22. The molecule has 0 radical (unpaired) electrons. The number of carbonyl (C=O) groups is 1. The van der Waals surface area contributed by atoms with Crippen molar-refractivity contribution in [3.8, 4) is 5.75 Å². The second-order valence-corrected chi connectivity index (χ2v) is 8.40. The second-order valence-electron chi connectivity index (χ2n) is 6.42. The molecule has 3 aromatic rings. The van der Waals surface area contributed by atoms with Crippen LogP contribution in [-0.2, 0) is 11.2 Å². The fraction of sp³-hybridized carbons (Fsp3) is 0.286. The first-order chi connectivity index (χ1) is 12.7. The lowest BCUT2D eigenvalue weighted by molar-refractivity contribution is -0.133. The summed E-state index contributed by atoms with van der Waals surface area (Å²) < 4.78 is 5.84. The van der Waals surface area contributed by atoms with Crippen LogP contribution in [0.3, 0.4) is 0 Å². The summed E-state index contributed by atoms with van der Waals surface area (Å²) in [7, 11) is 0. The zero-order chi connectivity index (χ0) is 17.9. The van der Waals surface area contributed by atoms with E-state index in [1.807, 2.05) is 36.1 Å². The number of aryl methyl sites for hydroxylation is 1. The van der Waals surface area contributed by atoms with Crippen LogP contribution in [0.1, 0.15) is 33.3 Å². The fourth-order valence-corrected chi connectivity index (χ4v) is 5.21. The number of benzene rings is 1. The molecule has 0 saturated carbocycles. The first-order valence-electron chi connectivity index (χ1n) is 8.81. The van der Waals surface area contributed by atoms with Gasteiger partial charge in [-0.1, -0.05) is 24.3 Å². The van der Waals surface area contributed by atoms with E-state index in [2.05, 4.69) is 29.0 Å². The number of thiophene rings is 2. The molecule has 1 aliphatic rings. The first kappa shape index (κ1) is 17.3. The highest BCUT2D eigenvalue weighted by molar-refractivity contribution is 7.10. The molecule has 1 aromatic carbocycles. The molecule has 0 spiro atoms. The highest BCUT2D eigenvalue weighted by Crippen LogP contribution is 2.39. The fourth-order valence-electron chi connectivity index (χ4n) is 3.45. The van der Waals surface area contributed by atoms with Gasteiger partial charge in [-0.3, -0.25) is 4.79 Å². The van der Waals surface area contributed by atoms with Crippen molar-refractivity contribution in [1.82, 2.24) is 4.90 Å². The van der Waals surface area contributed by atoms with Gasteiger partial charge in [0.25, 0.3) is 0 Å². The van der Waals surface area contributed by atoms with Crippen LogP contribution >= 0.6 is 22.7 Å². The van der Waals surface area contributed by atoms with Crippen molar-refractivity contribution in [2.24, 2.45) is 0 Å². The molecule has 3 heterocycles. The third-order valence-corrected chi connectivity index (χ3v) is 6.69. The van der Waals surface area contributed by atoms with Gasteiger partial charge in [-0.25, -0.2) is 0 Å². The number of nitrogens with zero attached hydrogens (tertiary/aromatic N) is 1. The van der Waals surface area contributed by atoms with Gasteiger partial charge in [0, 0.05) is 16.3 Å². The van der Waals surface area contributed by atoms with Gasteiger partial charge in [0.15, 0.2) is 0 Å². The van der Waals surface area contributed by atoms with Gasteiger partial charge in [0.2, 0.25) is 5.91 Å². The summed E-state index contributed by atoms with van der Waals surface area (Å²) in [6.07, 6.45) is 1.34. The summed E-state index contributed by atoms with van der Waals surface area (Å²) in [6.45, 7) is 3.21. The average molecular weight is 384 g/mol. The minimum Gasteiger partial charge on any atom is -0.493 e.